The van der Waals surface area contributed by atoms with Gasteiger partial charge >= 0.3 is 0 Å². The van der Waals surface area contributed by atoms with Gasteiger partial charge in [-0.15, -0.1) is 10.2 Å². The zero-order valence-electron chi connectivity index (χ0n) is 18.2. The number of methoxy groups -OCH3 is 1. The first-order chi connectivity index (χ1) is 16.1. The first kappa shape index (κ1) is 21.0. The predicted octanol–water partition coefficient (Wildman–Crippen LogP) is 4.55. The minimum atomic E-state index is -0.0964. The minimum absolute atomic E-state index is 0.0964. The standard InChI is InChI=1S/C25H21N5O2S/c1-17-8-7-13-29-22(31)15-19(26-23(17)29)16-33-25-28-27-24(18-9-6-12-21(14-18)32-2)30(25)20-10-4-3-5-11-20/h3-15H,16H2,1-2H3. The summed E-state index contributed by atoms with van der Waals surface area (Å²) in [4.78, 5) is 17.3. The molecule has 164 valence electrons. The largest absolute Gasteiger partial charge is 0.497 e. The molecule has 0 saturated carbocycles. The maximum atomic E-state index is 12.6. The molecule has 0 saturated heterocycles. The zero-order chi connectivity index (χ0) is 22.8. The molecule has 5 aromatic rings. The number of fused-ring (bicyclic) bond motifs is 1. The number of hydrogen-bond donors (Lipinski definition) is 0. The lowest BCUT2D eigenvalue weighted by Crippen LogP contribution is -2.15. The summed E-state index contributed by atoms with van der Waals surface area (Å²) in [5.74, 6) is 1.95. The van der Waals surface area contributed by atoms with Crippen molar-refractivity contribution in [1.29, 1.82) is 0 Å². The van der Waals surface area contributed by atoms with E-state index in [4.69, 9.17) is 9.72 Å². The smallest absolute Gasteiger partial charge is 0.258 e. The molecule has 0 fully saturated rings. The molecule has 3 heterocycles. The number of aryl methyl sites for hydroxylation is 1. The normalized spacial score (nSPS) is 11.1. The van der Waals surface area contributed by atoms with Crippen LogP contribution in [0.3, 0.4) is 0 Å². The van der Waals surface area contributed by atoms with Gasteiger partial charge in [-0.1, -0.05) is 48.2 Å². The highest BCUT2D eigenvalue weighted by molar-refractivity contribution is 7.98. The van der Waals surface area contributed by atoms with Crippen LogP contribution < -0.4 is 10.3 Å². The second-order valence-electron chi connectivity index (χ2n) is 7.47. The third kappa shape index (κ3) is 4.12. The fraction of sp³-hybridized carbons (Fsp3) is 0.120. The van der Waals surface area contributed by atoms with E-state index in [1.807, 2.05) is 78.2 Å². The van der Waals surface area contributed by atoms with E-state index < -0.39 is 0 Å². The molecule has 33 heavy (non-hydrogen) atoms. The van der Waals surface area contributed by atoms with Crippen LogP contribution in [0.5, 0.6) is 5.75 Å². The van der Waals surface area contributed by atoms with Gasteiger partial charge in [0.15, 0.2) is 11.0 Å². The molecule has 0 radical (unpaired) electrons. The van der Waals surface area contributed by atoms with Crippen LogP contribution in [0.15, 0.2) is 88.9 Å². The van der Waals surface area contributed by atoms with E-state index in [0.29, 0.717) is 28.1 Å². The van der Waals surface area contributed by atoms with E-state index in [1.54, 1.807) is 23.8 Å². The van der Waals surface area contributed by atoms with E-state index in [9.17, 15) is 4.79 Å². The molecule has 5 rings (SSSR count). The van der Waals surface area contributed by atoms with Gasteiger partial charge in [0.05, 0.1) is 12.8 Å². The van der Waals surface area contributed by atoms with Gasteiger partial charge in [-0.05, 0) is 42.8 Å². The van der Waals surface area contributed by atoms with Gasteiger partial charge in [0.1, 0.15) is 11.4 Å². The summed E-state index contributed by atoms with van der Waals surface area (Å²) in [5.41, 5.74) is 4.07. The number of pyridine rings is 1. The van der Waals surface area contributed by atoms with E-state index in [0.717, 1.165) is 22.6 Å². The van der Waals surface area contributed by atoms with E-state index in [1.165, 1.54) is 11.8 Å². The molecule has 0 aliphatic heterocycles. The van der Waals surface area contributed by atoms with Crippen LogP contribution in [0.4, 0.5) is 0 Å². The van der Waals surface area contributed by atoms with Crippen LogP contribution in [0, 0.1) is 6.92 Å². The van der Waals surface area contributed by atoms with Gasteiger partial charge in [-0.25, -0.2) is 4.98 Å². The summed E-state index contributed by atoms with van der Waals surface area (Å²) < 4.78 is 8.97. The summed E-state index contributed by atoms with van der Waals surface area (Å²) >= 11 is 1.49. The Hall–Kier alpha value is -3.91. The van der Waals surface area contributed by atoms with E-state index in [-0.39, 0.29) is 5.56 Å². The molecule has 8 heteroatoms. The van der Waals surface area contributed by atoms with Crippen molar-refractivity contribution in [3.63, 3.8) is 0 Å². The van der Waals surface area contributed by atoms with E-state index in [2.05, 4.69) is 10.2 Å². The van der Waals surface area contributed by atoms with Gasteiger partial charge in [0.2, 0.25) is 0 Å². The van der Waals surface area contributed by atoms with Gasteiger partial charge in [-0.2, -0.15) is 0 Å². The number of thioether (sulfide) groups is 1. The van der Waals surface area contributed by atoms with Crippen molar-refractivity contribution in [2.24, 2.45) is 0 Å². The summed E-state index contributed by atoms with van der Waals surface area (Å²) in [7, 11) is 1.64. The molecule has 0 aliphatic carbocycles. The Morgan fingerprint density at radius 1 is 0.970 bits per heavy atom. The number of benzene rings is 2. The van der Waals surface area contributed by atoms with Crippen molar-refractivity contribution < 1.29 is 4.74 Å². The lowest BCUT2D eigenvalue weighted by Gasteiger charge is -2.11. The predicted molar refractivity (Wildman–Crippen MR) is 129 cm³/mol. The summed E-state index contributed by atoms with van der Waals surface area (Å²) in [6.07, 6.45) is 1.74. The van der Waals surface area contributed by atoms with Crippen molar-refractivity contribution in [3.8, 4) is 22.8 Å². The molecule has 3 aromatic heterocycles. The van der Waals surface area contributed by atoms with Crippen molar-refractivity contribution in [1.82, 2.24) is 24.1 Å². The van der Waals surface area contributed by atoms with E-state index >= 15 is 0 Å². The lowest BCUT2D eigenvalue weighted by molar-refractivity contribution is 0.415. The fourth-order valence-electron chi connectivity index (χ4n) is 3.64. The van der Waals surface area contributed by atoms with Crippen LogP contribution in [-0.4, -0.2) is 31.3 Å². The lowest BCUT2D eigenvalue weighted by atomic mass is 10.2. The number of ether oxygens (including phenoxy) is 1. The molecule has 0 N–H and O–H groups in total. The first-order valence-electron chi connectivity index (χ1n) is 10.4. The molecular formula is C25H21N5O2S. The number of hydrogen-bond acceptors (Lipinski definition) is 6. The minimum Gasteiger partial charge on any atom is -0.497 e. The Bertz CT molecular complexity index is 1490. The highest BCUT2D eigenvalue weighted by Gasteiger charge is 2.17. The van der Waals surface area contributed by atoms with Crippen LogP contribution >= 0.6 is 11.8 Å². The fourth-order valence-corrected chi connectivity index (χ4v) is 4.49. The highest BCUT2D eigenvalue weighted by atomic mass is 32.2. The second-order valence-corrected chi connectivity index (χ2v) is 8.41. The maximum Gasteiger partial charge on any atom is 0.258 e. The van der Waals surface area contributed by atoms with Gasteiger partial charge in [0.25, 0.3) is 5.56 Å². The first-order valence-corrected chi connectivity index (χ1v) is 11.4. The van der Waals surface area contributed by atoms with Crippen LogP contribution in [-0.2, 0) is 5.75 Å². The number of para-hydroxylation sites is 1. The molecule has 2 aromatic carbocycles. The Morgan fingerprint density at radius 3 is 2.64 bits per heavy atom. The monoisotopic (exact) mass is 455 g/mol. The number of nitrogens with zero attached hydrogens (tertiary/aromatic N) is 5. The quantitative estimate of drug-likeness (QED) is 0.350. The second kappa shape index (κ2) is 8.91. The topological polar surface area (TPSA) is 74.3 Å². The highest BCUT2D eigenvalue weighted by Crippen LogP contribution is 2.30. The summed E-state index contributed by atoms with van der Waals surface area (Å²) in [6, 6.07) is 23.1. The Kier molecular flexibility index (Phi) is 5.66. The number of rotatable bonds is 6. The van der Waals surface area contributed by atoms with Crippen LogP contribution in [0.1, 0.15) is 11.3 Å². The third-order valence-electron chi connectivity index (χ3n) is 5.26. The average Bonchev–Trinajstić information content (AvgIpc) is 3.28. The SMILES string of the molecule is COc1cccc(-c2nnc(SCc3cc(=O)n4cccc(C)c4n3)n2-c2ccccc2)c1. The zero-order valence-corrected chi connectivity index (χ0v) is 19.0. The molecule has 0 amide bonds. The Balaban J connectivity index is 1.54. The van der Waals surface area contributed by atoms with Crippen molar-refractivity contribution in [2.45, 2.75) is 17.8 Å². The average molecular weight is 456 g/mol. The summed E-state index contributed by atoms with van der Waals surface area (Å²) in [6.45, 7) is 1.95. The Morgan fingerprint density at radius 2 is 1.82 bits per heavy atom. The molecular weight excluding hydrogens is 434 g/mol. The van der Waals surface area contributed by atoms with Crippen LogP contribution in [0.25, 0.3) is 22.7 Å². The van der Waals surface area contributed by atoms with Gasteiger partial charge < -0.3 is 4.74 Å². The van der Waals surface area contributed by atoms with Crippen molar-refractivity contribution in [2.75, 3.05) is 7.11 Å². The summed E-state index contributed by atoms with van der Waals surface area (Å²) in [5, 5.41) is 9.66. The maximum absolute atomic E-state index is 12.6. The third-order valence-corrected chi connectivity index (χ3v) is 6.23. The molecule has 0 atom stereocenters. The molecule has 0 spiro atoms. The van der Waals surface area contributed by atoms with Crippen molar-refractivity contribution in [3.05, 3.63) is 101 Å². The number of aromatic nitrogens is 5. The van der Waals surface area contributed by atoms with Crippen LogP contribution in [0.2, 0.25) is 0 Å². The van der Waals surface area contributed by atoms with Crippen molar-refractivity contribution >= 4 is 17.4 Å². The molecule has 0 aliphatic rings. The Labute approximate surface area is 194 Å². The van der Waals surface area contributed by atoms with Gasteiger partial charge in [0, 0.05) is 29.3 Å². The molecule has 7 nitrogen and oxygen atoms in total. The molecule has 0 bridgehead atoms. The molecule has 0 unspecified atom stereocenters. The van der Waals surface area contributed by atoms with Gasteiger partial charge in [-0.3, -0.25) is 13.8 Å².